The number of phenols is 3. The van der Waals surface area contributed by atoms with Gasteiger partial charge in [-0.05, 0) is 25.0 Å². The molecule has 0 radical (unpaired) electrons. The molecule has 18 heavy (non-hydrogen) atoms. The van der Waals surface area contributed by atoms with Crippen LogP contribution in [0.1, 0.15) is 38.1 Å². The lowest BCUT2D eigenvalue weighted by molar-refractivity contribution is 0.0955. The summed E-state index contributed by atoms with van der Waals surface area (Å²) in [5.74, 6) is -1.26. The molecule has 1 amide bonds. The number of carbonyl (C=O) groups is 1. The molecule has 0 heterocycles. The average Bonchev–Trinajstić information content (AvgIpc) is 2.24. The van der Waals surface area contributed by atoms with Gasteiger partial charge in [0.15, 0.2) is 17.2 Å². The van der Waals surface area contributed by atoms with E-state index in [0.29, 0.717) is 6.54 Å². The van der Waals surface area contributed by atoms with Crippen LogP contribution in [0, 0.1) is 5.92 Å². The minimum absolute atomic E-state index is 0.0969. The maximum Gasteiger partial charge on any atom is 0.251 e. The lowest BCUT2D eigenvalue weighted by atomic mass is 10.1. The molecule has 1 aromatic rings. The van der Waals surface area contributed by atoms with Crippen LogP contribution in [0.2, 0.25) is 0 Å². The van der Waals surface area contributed by atoms with Gasteiger partial charge >= 0.3 is 0 Å². The van der Waals surface area contributed by atoms with Gasteiger partial charge in [0.1, 0.15) is 0 Å². The topological polar surface area (TPSA) is 89.8 Å². The summed E-state index contributed by atoms with van der Waals surface area (Å²) in [5, 5.41) is 29.7. The summed E-state index contributed by atoms with van der Waals surface area (Å²) in [6.45, 7) is 8.69. The summed E-state index contributed by atoms with van der Waals surface area (Å²) in [5.41, 5.74) is 0.0969. The Hall–Kier alpha value is -1.91. The summed E-state index contributed by atoms with van der Waals surface area (Å²) in [7, 11) is 0. The van der Waals surface area contributed by atoms with E-state index >= 15 is 0 Å². The number of aromatic hydroxyl groups is 3. The molecular formula is C13H21NO4. The molecule has 0 unspecified atom stereocenters. The van der Waals surface area contributed by atoms with Crippen LogP contribution in [0.3, 0.4) is 0 Å². The number of benzene rings is 1. The molecular weight excluding hydrogens is 234 g/mol. The van der Waals surface area contributed by atoms with E-state index in [1.807, 2.05) is 0 Å². The Bertz CT molecular complexity index is 376. The van der Waals surface area contributed by atoms with Gasteiger partial charge in [-0.25, -0.2) is 0 Å². The smallest absolute Gasteiger partial charge is 0.251 e. The van der Waals surface area contributed by atoms with Crippen LogP contribution in [0.5, 0.6) is 17.2 Å². The second-order valence-electron chi connectivity index (χ2n) is 4.45. The molecule has 1 rings (SSSR count). The SMILES string of the molecule is CC(C)C.CCNC(=O)c1cc(O)c(O)c(O)c1. The number of hydrogen-bond donors (Lipinski definition) is 4. The highest BCUT2D eigenvalue weighted by atomic mass is 16.3. The van der Waals surface area contributed by atoms with Crippen molar-refractivity contribution in [2.45, 2.75) is 27.7 Å². The Morgan fingerprint density at radius 1 is 1.17 bits per heavy atom. The molecule has 0 aliphatic rings. The van der Waals surface area contributed by atoms with Gasteiger partial charge < -0.3 is 20.6 Å². The molecule has 0 bridgehead atoms. The summed E-state index contributed by atoms with van der Waals surface area (Å²) >= 11 is 0. The Kier molecular flexibility index (Phi) is 6.63. The first-order valence-electron chi connectivity index (χ1n) is 5.82. The molecule has 0 fully saturated rings. The maximum atomic E-state index is 11.2. The number of phenolic OH excluding ortho intramolecular Hbond substituents is 3. The second-order valence-corrected chi connectivity index (χ2v) is 4.45. The zero-order valence-electron chi connectivity index (χ0n) is 11.2. The third-order valence-electron chi connectivity index (χ3n) is 1.67. The minimum Gasteiger partial charge on any atom is -0.504 e. The van der Waals surface area contributed by atoms with E-state index in [0.717, 1.165) is 18.1 Å². The van der Waals surface area contributed by atoms with E-state index < -0.39 is 23.2 Å². The van der Waals surface area contributed by atoms with Crippen molar-refractivity contribution in [3.05, 3.63) is 17.7 Å². The summed E-state index contributed by atoms with van der Waals surface area (Å²) < 4.78 is 0. The fourth-order valence-corrected chi connectivity index (χ4v) is 0.998. The molecule has 0 saturated heterocycles. The highest BCUT2D eigenvalue weighted by molar-refractivity contribution is 5.95. The van der Waals surface area contributed by atoms with E-state index in [2.05, 4.69) is 26.1 Å². The van der Waals surface area contributed by atoms with Crippen LogP contribution in [0.15, 0.2) is 12.1 Å². The van der Waals surface area contributed by atoms with Crippen molar-refractivity contribution < 1.29 is 20.1 Å². The van der Waals surface area contributed by atoms with Crippen LogP contribution in [-0.2, 0) is 0 Å². The number of rotatable bonds is 2. The van der Waals surface area contributed by atoms with Gasteiger partial charge in [-0.3, -0.25) is 4.79 Å². The van der Waals surface area contributed by atoms with Crippen molar-refractivity contribution in [2.24, 2.45) is 5.92 Å². The fourth-order valence-electron chi connectivity index (χ4n) is 0.998. The van der Waals surface area contributed by atoms with Crippen molar-refractivity contribution in [3.63, 3.8) is 0 Å². The third-order valence-corrected chi connectivity index (χ3v) is 1.67. The average molecular weight is 255 g/mol. The molecule has 0 aliphatic heterocycles. The second kappa shape index (κ2) is 7.42. The molecule has 0 saturated carbocycles. The van der Waals surface area contributed by atoms with Crippen molar-refractivity contribution in [2.75, 3.05) is 6.54 Å². The standard InChI is InChI=1S/C9H11NO4.C4H10/c1-2-10-9(14)5-3-6(11)8(13)7(12)4-5;1-4(2)3/h3-4,11-13H,2H2,1H3,(H,10,14);4H,1-3H3. The van der Waals surface area contributed by atoms with E-state index in [9.17, 15) is 4.79 Å². The first-order chi connectivity index (χ1) is 8.29. The zero-order chi connectivity index (χ0) is 14.3. The van der Waals surface area contributed by atoms with Gasteiger partial charge in [0, 0.05) is 12.1 Å². The highest BCUT2D eigenvalue weighted by Gasteiger charge is 2.12. The Balaban J connectivity index is 0.000000631. The Morgan fingerprint density at radius 3 is 1.89 bits per heavy atom. The lowest BCUT2D eigenvalue weighted by Gasteiger charge is -2.05. The maximum absolute atomic E-state index is 11.2. The van der Waals surface area contributed by atoms with Gasteiger partial charge in [-0.1, -0.05) is 20.8 Å². The normalized spacial score (nSPS) is 9.61. The summed E-state index contributed by atoms with van der Waals surface area (Å²) in [6.07, 6.45) is 0. The fraction of sp³-hybridized carbons (Fsp3) is 0.462. The molecule has 0 atom stereocenters. The minimum atomic E-state index is -0.627. The Morgan fingerprint density at radius 2 is 1.56 bits per heavy atom. The van der Waals surface area contributed by atoms with Crippen LogP contribution in [-0.4, -0.2) is 27.8 Å². The molecule has 4 N–H and O–H groups in total. The van der Waals surface area contributed by atoms with Crippen molar-refractivity contribution in [3.8, 4) is 17.2 Å². The molecule has 0 aliphatic carbocycles. The van der Waals surface area contributed by atoms with Crippen LogP contribution in [0.4, 0.5) is 0 Å². The molecule has 0 spiro atoms. The monoisotopic (exact) mass is 255 g/mol. The molecule has 0 aromatic heterocycles. The van der Waals surface area contributed by atoms with Gasteiger partial charge in [0.25, 0.3) is 5.91 Å². The zero-order valence-corrected chi connectivity index (χ0v) is 11.2. The summed E-state index contributed by atoms with van der Waals surface area (Å²) in [6, 6.07) is 2.17. The van der Waals surface area contributed by atoms with Gasteiger partial charge in [0.2, 0.25) is 0 Å². The van der Waals surface area contributed by atoms with E-state index in [4.69, 9.17) is 15.3 Å². The predicted octanol–water partition coefficient (Wildman–Crippen LogP) is 2.22. The van der Waals surface area contributed by atoms with Crippen LogP contribution >= 0.6 is 0 Å². The van der Waals surface area contributed by atoms with Crippen molar-refractivity contribution in [1.82, 2.24) is 5.32 Å². The first kappa shape index (κ1) is 16.1. The molecule has 5 nitrogen and oxygen atoms in total. The van der Waals surface area contributed by atoms with E-state index in [1.165, 1.54) is 0 Å². The third kappa shape index (κ3) is 5.43. The predicted molar refractivity (Wildman–Crippen MR) is 70.0 cm³/mol. The highest BCUT2D eigenvalue weighted by Crippen LogP contribution is 2.35. The summed E-state index contributed by atoms with van der Waals surface area (Å²) in [4.78, 5) is 11.2. The van der Waals surface area contributed by atoms with Gasteiger partial charge in [-0.2, -0.15) is 0 Å². The number of nitrogens with one attached hydrogen (secondary N) is 1. The Labute approximate surface area is 107 Å². The van der Waals surface area contributed by atoms with Gasteiger partial charge in [0.05, 0.1) is 0 Å². The number of carbonyl (C=O) groups excluding carboxylic acids is 1. The first-order valence-corrected chi connectivity index (χ1v) is 5.82. The van der Waals surface area contributed by atoms with Crippen molar-refractivity contribution in [1.29, 1.82) is 0 Å². The molecule has 1 aromatic carbocycles. The largest absolute Gasteiger partial charge is 0.504 e. The number of amides is 1. The van der Waals surface area contributed by atoms with Crippen LogP contribution < -0.4 is 5.32 Å². The quantitative estimate of drug-likeness (QED) is 0.610. The van der Waals surface area contributed by atoms with E-state index in [-0.39, 0.29) is 5.56 Å². The lowest BCUT2D eigenvalue weighted by Crippen LogP contribution is -2.22. The van der Waals surface area contributed by atoms with Gasteiger partial charge in [-0.15, -0.1) is 0 Å². The van der Waals surface area contributed by atoms with Crippen LogP contribution in [0.25, 0.3) is 0 Å². The van der Waals surface area contributed by atoms with E-state index in [1.54, 1.807) is 6.92 Å². The van der Waals surface area contributed by atoms with Crippen molar-refractivity contribution >= 4 is 5.91 Å². The molecule has 102 valence electrons. The number of hydrogen-bond acceptors (Lipinski definition) is 4. The molecule has 5 heteroatoms.